The number of hydrogen-bond donors (Lipinski definition) is 2. The van der Waals surface area contributed by atoms with Crippen LogP contribution >= 0.6 is 0 Å². The summed E-state index contributed by atoms with van der Waals surface area (Å²) >= 11 is 0. The molecular formula is C10H14N2O3. The molecule has 0 spiro atoms. The second-order valence-electron chi connectivity index (χ2n) is 4.13. The summed E-state index contributed by atoms with van der Waals surface area (Å²) in [5.74, 6) is 0.203. The predicted molar refractivity (Wildman–Crippen MR) is 54.8 cm³/mol. The average Bonchev–Trinajstić information content (AvgIpc) is 2.49. The van der Waals surface area contributed by atoms with E-state index in [0.717, 1.165) is 12.8 Å². The van der Waals surface area contributed by atoms with Crippen LogP contribution < -0.4 is 11.2 Å². The largest absolute Gasteiger partial charge is 0.391 e. The van der Waals surface area contributed by atoms with Gasteiger partial charge in [-0.2, -0.15) is 0 Å². The fourth-order valence-corrected chi connectivity index (χ4v) is 2.15. The van der Waals surface area contributed by atoms with Gasteiger partial charge in [0.15, 0.2) is 0 Å². The van der Waals surface area contributed by atoms with Crippen molar-refractivity contribution in [3.63, 3.8) is 0 Å². The van der Waals surface area contributed by atoms with Crippen molar-refractivity contribution in [1.29, 1.82) is 0 Å². The molecule has 0 amide bonds. The third-order valence-corrected chi connectivity index (χ3v) is 3.10. The molecule has 82 valence electrons. The first-order valence-electron chi connectivity index (χ1n) is 5.09. The number of H-pyrrole nitrogens is 1. The Labute approximate surface area is 86.4 Å². The Hall–Kier alpha value is -1.36. The minimum Gasteiger partial charge on any atom is -0.391 e. The molecule has 1 aromatic heterocycles. The smallest absolute Gasteiger partial charge is 0.328 e. The van der Waals surface area contributed by atoms with Gasteiger partial charge in [0.25, 0.3) is 5.56 Å². The van der Waals surface area contributed by atoms with E-state index in [4.69, 9.17) is 0 Å². The quantitative estimate of drug-likeness (QED) is 0.678. The fourth-order valence-electron chi connectivity index (χ4n) is 2.15. The maximum atomic E-state index is 11.5. The van der Waals surface area contributed by atoms with Crippen LogP contribution in [0.3, 0.4) is 0 Å². The predicted octanol–water partition coefficient (Wildman–Crippen LogP) is -0.131. The molecule has 1 saturated carbocycles. The van der Waals surface area contributed by atoms with E-state index in [1.165, 1.54) is 16.8 Å². The van der Waals surface area contributed by atoms with Gasteiger partial charge in [-0.3, -0.25) is 14.3 Å². The van der Waals surface area contributed by atoms with Crippen LogP contribution in [0.15, 0.2) is 21.9 Å². The van der Waals surface area contributed by atoms with Crippen molar-refractivity contribution in [3.05, 3.63) is 33.1 Å². The van der Waals surface area contributed by atoms with E-state index in [2.05, 4.69) is 4.98 Å². The summed E-state index contributed by atoms with van der Waals surface area (Å²) in [6.07, 6.45) is 2.62. The van der Waals surface area contributed by atoms with Crippen molar-refractivity contribution in [2.45, 2.75) is 31.9 Å². The Morgan fingerprint density at radius 1 is 1.47 bits per heavy atom. The maximum Gasteiger partial charge on any atom is 0.328 e. The van der Waals surface area contributed by atoms with Gasteiger partial charge >= 0.3 is 5.69 Å². The van der Waals surface area contributed by atoms with Crippen molar-refractivity contribution >= 4 is 0 Å². The molecule has 2 rings (SSSR count). The summed E-state index contributed by atoms with van der Waals surface area (Å²) in [6.45, 7) is 1.96. The zero-order chi connectivity index (χ0) is 11.0. The second kappa shape index (κ2) is 3.66. The molecule has 3 unspecified atom stereocenters. The van der Waals surface area contributed by atoms with E-state index < -0.39 is 17.4 Å². The van der Waals surface area contributed by atoms with Crippen molar-refractivity contribution in [2.24, 2.45) is 5.92 Å². The molecular weight excluding hydrogens is 196 g/mol. The topological polar surface area (TPSA) is 75.1 Å². The molecule has 1 aromatic rings. The van der Waals surface area contributed by atoms with Gasteiger partial charge in [0.2, 0.25) is 0 Å². The number of hydrogen-bond acceptors (Lipinski definition) is 3. The van der Waals surface area contributed by atoms with Gasteiger partial charge in [-0.25, -0.2) is 4.79 Å². The van der Waals surface area contributed by atoms with Gasteiger partial charge in [-0.15, -0.1) is 0 Å². The van der Waals surface area contributed by atoms with Crippen LogP contribution in [0, 0.1) is 5.92 Å². The minimum atomic E-state index is -0.506. The van der Waals surface area contributed by atoms with E-state index in [0.29, 0.717) is 0 Å². The third kappa shape index (κ3) is 1.74. The van der Waals surface area contributed by atoms with Crippen LogP contribution in [0.5, 0.6) is 0 Å². The van der Waals surface area contributed by atoms with E-state index in [1.54, 1.807) is 0 Å². The lowest BCUT2D eigenvalue weighted by molar-refractivity contribution is 0.0996. The number of aromatic nitrogens is 2. The Kier molecular flexibility index (Phi) is 2.48. The lowest BCUT2D eigenvalue weighted by atomic mass is 10.1. The highest BCUT2D eigenvalue weighted by Gasteiger charge is 2.33. The highest BCUT2D eigenvalue weighted by Crippen LogP contribution is 2.33. The number of nitrogens with zero attached hydrogens (tertiary/aromatic N) is 1. The first kappa shape index (κ1) is 10.2. The first-order valence-corrected chi connectivity index (χ1v) is 5.09. The zero-order valence-corrected chi connectivity index (χ0v) is 8.51. The van der Waals surface area contributed by atoms with Crippen molar-refractivity contribution in [1.82, 2.24) is 9.55 Å². The summed E-state index contributed by atoms with van der Waals surface area (Å²) in [5.41, 5.74) is -0.850. The molecule has 0 aromatic carbocycles. The fraction of sp³-hybridized carbons (Fsp3) is 0.600. The third-order valence-electron chi connectivity index (χ3n) is 3.10. The summed E-state index contributed by atoms with van der Waals surface area (Å²) in [5, 5.41) is 9.85. The number of aliphatic hydroxyl groups excluding tert-OH is 1. The molecule has 0 aliphatic heterocycles. The number of aromatic amines is 1. The highest BCUT2D eigenvalue weighted by molar-refractivity contribution is 4.92. The molecule has 3 atom stereocenters. The average molecular weight is 210 g/mol. The van der Waals surface area contributed by atoms with E-state index >= 15 is 0 Å². The van der Waals surface area contributed by atoms with E-state index in [1.807, 2.05) is 6.92 Å². The Bertz CT molecular complexity index is 462. The van der Waals surface area contributed by atoms with Crippen LogP contribution in [0.4, 0.5) is 0 Å². The SMILES string of the molecule is CC1CCC(n2ccc(=O)[nH]c2=O)C1O. The Morgan fingerprint density at radius 3 is 2.73 bits per heavy atom. The van der Waals surface area contributed by atoms with Crippen molar-refractivity contribution in [2.75, 3.05) is 0 Å². The number of nitrogens with one attached hydrogen (secondary N) is 1. The van der Waals surface area contributed by atoms with Gasteiger partial charge in [0.05, 0.1) is 12.1 Å². The Balaban J connectivity index is 2.39. The minimum absolute atomic E-state index is 0.203. The summed E-state index contributed by atoms with van der Waals surface area (Å²) in [7, 11) is 0. The number of rotatable bonds is 1. The van der Waals surface area contributed by atoms with E-state index in [-0.39, 0.29) is 12.0 Å². The van der Waals surface area contributed by atoms with E-state index in [9.17, 15) is 14.7 Å². The molecule has 5 nitrogen and oxygen atoms in total. The van der Waals surface area contributed by atoms with Gasteiger partial charge in [0, 0.05) is 12.3 Å². The Morgan fingerprint density at radius 2 is 2.20 bits per heavy atom. The lowest BCUT2D eigenvalue weighted by Gasteiger charge is -2.18. The van der Waals surface area contributed by atoms with Crippen LogP contribution in [-0.2, 0) is 0 Å². The molecule has 5 heteroatoms. The lowest BCUT2D eigenvalue weighted by Crippen LogP contribution is -2.35. The molecule has 0 bridgehead atoms. The molecule has 1 fully saturated rings. The van der Waals surface area contributed by atoms with Crippen LogP contribution in [0.2, 0.25) is 0 Å². The molecule has 1 aliphatic rings. The maximum absolute atomic E-state index is 11.5. The van der Waals surface area contributed by atoms with Crippen LogP contribution in [0.1, 0.15) is 25.8 Å². The van der Waals surface area contributed by atoms with Gasteiger partial charge in [0.1, 0.15) is 0 Å². The highest BCUT2D eigenvalue weighted by atomic mass is 16.3. The van der Waals surface area contributed by atoms with Crippen LogP contribution in [0.25, 0.3) is 0 Å². The van der Waals surface area contributed by atoms with Crippen LogP contribution in [-0.4, -0.2) is 20.8 Å². The molecule has 1 heterocycles. The van der Waals surface area contributed by atoms with Crippen molar-refractivity contribution in [3.8, 4) is 0 Å². The zero-order valence-electron chi connectivity index (χ0n) is 8.51. The summed E-state index contributed by atoms with van der Waals surface area (Å²) < 4.78 is 1.41. The monoisotopic (exact) mass is 210 g/mol. The van der Waals surface area contributed by atoms with Crippen molar-refractivity contribution < 1.29 is 5.11 Å². The summed E-state index contributed by atoms with van der Waals surface area (Å²) in [6, 6.07) is 1.10. The van der Waals surface area contributed by atoms with Gasteiger partial charge < -0.3 is 5.11 Å². The molecule has 0 saturated heterocycles. The normalized spacial score (nSPS) is 30.7. The second-order valence-corrected chi connectivity index (χ2v) is 4.13. The van der Waals surface area contributed by atoms with Gasteiger partial charge in [-0.1, -0.05) is 6.92 Å². The first-order chi connectivity index (χ1) is 7.09. The molecule has 2 N–H and O–H groups in total. The summed E-state index contributed by atoms with van der Waals surface area (Å²) in [4.78, 5) is 24.5. The number of aliphatic hydroxyl groups is 1. The van der Waals surface area contributed by atoms with Gasteiger partial charge in [-0.05, 0) is 18.8 Å². The molecule has 0 radical (unpaired) electrons. The molecule has 1 aliphatic carbocycles. The standard InChI is InChI=1S/C10H14N2O3/c1-6-2-3-7(9(6)14)12-5-4-8(13)11-10(12)15/h4-7,9,14H,2-3H2,1H3,(H,11,13,15). The molecule has 15 heavy (non-hydrogen) atoms.